The quantitative estimate of drug-likeness (QED) is 0.564. The van der Waals surface area contributed by atoms with Gasteiger partial charge in [0.1, 0.15) is 17.1 Å². The van der Waals surface area contributed by atoms with E-state index in [-0.39, 0.29) is 10.7 Å². The first-order valence-corrected chi connectivity index (χ1v) is 5.61. The maximum absolute atomic E-state index is 10.5. The molecule has 0 aliphatic rings. The molecule has 2 unspecified atom stereocenters. The molecule has 90 valence electrons. The summed E-state index contributed by atoms with van der Waals surface area (Å²) in [7, 11) is 1.73. The summed E-state index contributed by atoms with van der Waals surface area (Å²) in [6, 6.07) is 0. The Morgan fingerprint density at radius 2 is 2.38 bits per heavy atom. The minimum absolute atomic E-state index is 0.160. The number of hydrogen-bond acceptors (Lipinski definition) is 7. The van der Waals surface area contributed by atoms with E-state index in [1.54, 1.807) is 7.05 Å². The molecule has 7 heteroatoms. The maximum Gasteiger partial charge on any atom is 0.139 e. The molecule has 2 atom stereocenters. The Labute approximate surface area is 96.6 Å². The van der Waals surface area contributed by atoms with E-state index >= 15 is 0 Å². The van der Waals surface area contributed by atoms with Crippen molar-refractivity contribution < 1.29 is 20.1 Å². The predicted octanol–water partition coefficient (Wildman–Crippen LogP) is -1.49. The minimum atomic E-state index is -1.38. The summed E-state index contributed by atoms with van der Waals surface area (Å²) >= 11 is 0.867. The van der Waals surface area contributed by atoms with Gasteiger partial charge in [0.05, 0.1) is 11.8 Å². The van der Waals surface area contributed by atoms with Crippen molar-refractivity contribution in [2.75, 3.05) is 13.6 Å². The molecule has 0 aliphatic carbocycles. The Kier molecular flexibility index (Phi) is 4.81. The molecular weight excluding hydrogens is 232 g/mol. The predicted molar refractivity (Wildman–Crippen MR) is 56.0 cm³/mol. The highest BCUT2D eigenvalue weighted by Crippen LogP contribution is 2.20. The zero-order valence-corrected chi connectivity index (χ0v) is 9.53. The number of carbonyl (C=O) groups is 1. The Bertz CT molecular complexity index is 355. The van der Waals surface area contributed by atoms with E-state index in [1.807, 2.05) is 0 Å². The molecule has 0 amide bonds. The van der Waals surface area contributed by atoms with Crippen molar-refractivity contribution in [3.05, 3.63) is 16.1 Å². The molecule has 0 saturated carbocycles. The Morgan fingerprint density at radius 1 is 1.69 bits per heavy atom. The van der Waals surface area contributed by atoms with Crippen LogP contribution in [0.3, 0.4) is 0 Å². The first-order chi connectivity index (χ1) is 7.56. The lowest BCUT2D eigenvalue weighted by Gasteiger charge is -2.15. The van der Waals surface area contributed by atoms with Gasteiger partial charge in [-0.25, -0.2) is 4.98 Å². The SMILES string of the molecule is CNCCC(O)C(O)c1csc(C(=O)[O-])n1. The average Bonchev–Trinajstić information content (AvgIpc) is 2.74. The molecule has 0 bridgehead atoms. The molecule has 1 aromatic heterocycles. The van der Waals surface area contributed by atoms with Crippen molar-refractivity contribution in [2.45, 2.75) is 18.6 Å². The van der Waals surface area contributed by atoms with Gasteiger partial charge in [0.25, 0.3) is 0 Å². The van der Waals surface area contributed by atoms with E-state index in [4.69, 9.17) is 0 Å². The van der Waals surface area contributed by atoms with Gasteiger partial charge in [0.15, 0.2) is 0 Å². The zero-order valence-electron chi connectivity index (χ0n) is 8.71. The Hall–Kier alpha value is -1.02. The van der Waals surface area contributed by atoms with Gasteiger partial charge in [-0.1, -0.05) is 0 Å². The van der Waals surface area contributed by atoms with Crippen molar-refractivity contribution in [2.24, 2.45) is 0 Å². The second-order valence-electron chi connectivity index (χ2n) is 3.27. The molecule has 1 heterocycles. The molecule has 0 aliphatic heterocycles. The standard InChI is InChI=1S/C9H14N2O4S/c1-10-3-2-6(12)7(13)5-4-16-8(11-5)9(14)15/h4,6-7,10,12-13H,2-3H2,1H3,(H,14,15)/p-1. The van der Waals surface area contributed by atoms with Gasteiger partial charge in [-0.2, -0.15) is 0 Å². The third kappa shape index (κ3) is 3.24. The number of carboxylic acid groups (broad SMARTS) is 1. The van der Waals surface area contributed by atoms with Crippen LogP contribution in [0.15, 0.2) is 5.38 Å². The van der Waals surface area contributed by atoms with Crippen LogP contribution in [0.25, 0.3) is 0 Å². The number of nitrogens with one attached hydrogen (secondary N) is 1. The summed E-state index contributed by atoms with van der Waals surface area (Å²) in [5.41, 5.74) is 0.160. The molecular formula is C9H13N2O4S-. The van der Waals surface area contributed by atoms with Gasteiger partial charge in [-0.15, -0.1) is 11.3 Å². The van der Waals surface area contributed by atoms with Gasteiger partial charge in [-0.3, -0.25) is 0 Å². The van der Waals surface area contributed by atoms with Crippen molar-refractivity contribution in [3.8, 4) is 0 Å². The monoisotopic (exact) mass is 245 g/mol. The third-order valence-corrected chi connectivity index (χ3v) is 2.89. The molecule has 6 nitrogen and oxygen atoms in total. The summed E-state index contributed by atoms with van der Waals surface area (Å²) in [6.07, 6.45) is -1.78. The molecule has 16 heavy (non-hydrogen) atoms. The second-order valence-corrected chi connectivity index (χ2v) is 4.13. The van der Waals surface area contributed by atoms with Crippen LogP contribution >= 0.6 is 11.3 Å². The number of nitrogens with zero attached hydrogens (tertiary/aromatic N) is 1. The van der Waals surface area contributed by atoms with Crippen LogP contribution in [0.4, 0.5) is 0 Å². The van der Waals surface area contributed by atoms with Gasteiger partial charge in [-0.05, 0) is 20.0 Å². The van der Waals surface area contributed by atoms with E-state index in [9.17, 15) is 20.1 Å². The van der Waals surface area contributed by atoms with E-state index in [0.29, 0.717) is 13.0 Å². The van der Waals surface area contributed by atoms with Crippen LogP contribution in [-0.4, -0.2) is 40.9 Å². The fourth-order valence-electron chi connectivity index (χ4n) is 1.16. The molecule has 3 N–H and O–H groups in total. The van der Waals surface area contributed by atoms with Crippen LogP contribution < -0.4 is 10.4 Å². The number of aliphatic hydroxyl groups is 2. The lowest BCUT2D eigenvalue weighted by Crippen LogP contribution is -2.24. The van der Waals surface area contributed by atoms with Crippen LogP contribution in [-0.2, 0) is 0 Å². The Morgan fingerprint density at radius 3 is 2.88 bits per heavy atom. The molecule has 0 radical (unpaired) electrons. The first-order valence-electron chi connectivity index (χ1n) is 4.73. The number of rotatable bonds is 6. The minimum Gasteiger partial charge on any atom is -0.542 e. The largest absolute Gasteiger partial charge is 0.542 e. The molecule has 0 aromatic carbocycles. The number of hydrogen-bond donors (Lipinski definition) is 3. The van der Waals surface area contributed by atoms with Crippen molar-refractivity contribution >= 4 is 17.3 Å². The lowest BCUT2D eigenvalue weighted by molar-refractivity contribution is -0.255. The van der Waals surface area contributed by atoms with Gasteiger partial charge in [0, 0.05) is 5.38 Å². The topological polar surface area (TPSA) is 106 Å². The van der Waals surface area contributed by atoms with E-state index in [1.165, 1.54) is 5.38 Å². The number of thiazole rings is 1. The van der Waals surface area contributed by atoms with Gasteiger partial charge < -0.3 is 25.4 Å². The van der Waals surface area contributed by atoms with Crippen LogP contribution in [0.5, 0.6) is 0 Å². The highest BCUT2D eigenvalue weighted by atomic mass is 32.1. The van der Waals surface area contributed by atoms with E-state index in [0.717, 1.165) is 11.3 Å². The normalized spacial score (nSPS) is 14.7. The third-order valence-electron chi connectivity index (χ3n) is 2.05. The molecule has 0 saturated heterocycles. The summed E-state index contributed by atoms with van der Waals surface area (Å²) in [5.74, 6) is -1.38. The lowest BCUT2D eigenvalue weighted by atomic mass is 10.1. The molecule has 1 rings (SSSR count). The van der Waals surface area contributed by atoms with Crippen molar-refractivity contribution in [1.29, 1.82) is 0 Å². The van der Waals surface area contributed by atoms with E-state index < -0.39 is 18.2 Å². The molecule has 0 spiro atoms. The first kappa shape index (κ1) is 13.0. The van der Waals surface area contributed by atoms with Gasteiger partial charge in [0.2, 0.25) is 0 Å². The average molecular weight is 245 g/mol. The smallest absolute Gasteiger partial charge is 0.139 e. The highest BCUT2D eigenvalue weighted by molar-refractivity contribution is 7.11. The number of aliphatic hydroxyl groups excluding tert-OH is 2. The highest BCUT2D eigenvalue weighted by Gasteiger charge is 2.20. The maximum atomic E-state index is 10.5. The fraction of sp³-hybridized carbons (Fsp3) is 0.556. The molecule has 1 aromatic rings. The molecule has 0 fully saturated rings. The van der Waals surface area contributed by atoms with Crippen LogP contribution in [0, 0.1) is 0 Å². The van der Waals surface area contributed by atoms with E-state index in [2.05, 4.69) is 10.3 Å². The summed E-state index contributed by atoms with van der Waals surface area (Å²) in [6.45, 7) is 0.551. The van der Waals surface area contributed by atoms with Crippen LogP contribution in [0.1, 0.15) is 28.0 Å². The summed E-state index contributed by atoms with van der Waals surface area (Å²) in [4.78, 5) is 14.1. The Balaban J connectivity index is 2.64. The number of aromatic nitrogens is 1. The van der Waals surface area contributed by atoms with Crippen molar-refractivity contribution in [3.63, 3.8) is 0 Å². The fourth-order valence-corrected chi connectivity index (χ4v) is 1.84. The van der Waals surface area contributed by atoms with Crippen LogP contribution in [0.2, 0.25) is 0 Å². The number of aromatic carboxylic acids is 1. The summed E-state index contributed by atoms with van der Waals surface area (Å²) < 4.78 is 0. The number of carboxylic acids is 1. The summed E-state index contributed by atoms with van der Waals surface area (Å²) in [5, 5.41) is 33.7. The zero-order chi connectivity index (χ0) is 12.1. The van der Waals surface area contributed by atoms with Crippen molar-refractivity contribution in [1.82, 2.24) is 10.3 Å². The number of carbonyl (C=O) groups excluding carboxylic acids is 1. The van der Waals surface area contributed by atoms with Gasteiger partial charge >= 0.3 is 0 Å². The second kappa shape index (κ2) is 5.90.